The van der Waals surface area contributed by atoms with E-state index in [0.717, 1.165) is 29.0 Å². The fraction of sp³-hybridized carbons (Fsp3) is 0.600. The zero-order valence-corrected chi connectivity index (χ0v) is 31.7. The summed E-state index contributed by atoms with van der Waals surface area (Å²) >= 11 is 1.01. The number of hydrogen-bond donors (Lipinski definition) is 9. The van der Waals surface area contributed by atoms with Crippen molar-refractivity contribution in [1.29, 1.82) is 0 Å². The van der Waals surface area contributed by atoms with Crippen LogP contribution < -0.4 is 16.4 Å². The summed E-state index contributed by atoms with van der Waals surface area (Å²) in [7, 11) is -16.4. The average molecular weight is 836 g/mol. The largest absolute Gasteiger partial charge is 0.481 e. The van der Waals surface area contributed by atoms with E-state index in [1.54, 1.807) is 13.0 Å². The standard InChI is InChI=1S/C25H40N7O17P3S/c1-4-5-16(34)53-9-8-27-15(33)6-7-28-23(37)20(36)25(2,3)11-46-52(43,44)49-51(41,42)45-10-14-19(48-50(38,39)40)18(35)24(47-14)32-13-31-17-21(26)29-12-30-22(17)32/h4-5,12-14,18-20,24,35-36H,6-11H2,1-3H3,(H,27,33)(H,28,37)(H,41,42)(H,43,44)(H2,26,29,30)(H2,38,39,40)/b5-4+/t14-,18-,19-,20-,24-/m0/s1. The van der Waals surface area contributed by atoms with Crippen molar-refractivity contribution in [3.8, 4) is 0 Å². The molecule has 3 rings (SSSR count). The van der Waals surface area contributed by atoms with Crippen LogP contribution in [0.2, 0.25) is 0 Å². The number of phosphoric ester groups is 3. The molecule has 0 saturated carbocycles. The molecule has 298 valence electrons. The third-order valence-electron chi connectivity index (χ3n) is 7.05. The van der Waals surface area contributed by atoms with Gasteiger partial charge in [-0.2, -0.15) is 4.31 Å². The van der Waals surface area contributed by atoms with Gasteiger partial charge in [0.2, 0.25) is 16.9 Å². The minimum absolute atomic E-state index is 0.0300. The van der Waals surface area contributed by atoms with Gasteiger partial charge < -0.3 is 50.9 Å². The number of aromatic nitrogens is 4. The first-order chi connectivity index (χ1) is 24.6. The number of phosphoric acid groups is 3. The molecule has 0 bridgehead atoms. The highest BCUT2D eigenvalue weighted by Crippen LogP contribution is 2.61. The number of thioether (sulfide) groups is 1. The number of hydrogen-bond acceptors (Lipinski definition) is 18. The van der Waals surface area contributed by atoms with Gasteiger partial charge in [0.1, 0.15) is 36.3 Å². The van der Waals surface area contributed by atoms with Crippen LogP contribution in [0.4, 0.5) is 5.82 Å². The van der Waals surface area contributed by atoms with Gasteiger partial charge in [0, 0.05) is 30.7 Å². The molecular formula is C25H40N7O17P3S. The molecule has 24 nitrogen and oxygen atoms in total. The Morgan fingerprint density at radius 2 is 1.77 bits per heavy atom. The molecule has 0 radical (unpaired) electrons. The maximum atomic E-state index is 12.6. The number of ether oxygens (including phenoxy) is 1. The molecule has 0 aliphatic carbocycles. The lowest BCUT2D eigenvalue weighted by Gasteiger charge is -2.30. The Balaban J connectivity index is 1.52. The van der Waals surface area contributed by atoms with Gasteiger partial charge in [0.05, 0.1) is 19.5 Å². The number of nitrogen functional groups attached to an aromatic ring is 1. The van der Waals surface area contributed by atoms with Crippen LogP contribution in [0.25, 0.3) is 11.2 Å². The van der Waals surface area contributed by atoms with Gasteiger partial charge in [-0.1, -0.05) is 31.7 Å². The van der Waals surface area contributed by atoms with Crippen LogP contribution in [-0.2, 0) is 50.7 Å². The summed E-state index contributed by atoms with van der Waals surface area (Å²) in [5.74, 6) is -1.13. The SMILES string of the molecule is C/C=C/C(=O)SCCNC(=O)CCNC(=O)[C@H](O)C(C)(C)COP(=O)(O)OP(=O)(O)OC[C@@H]1O[C@H](n2cnc3c(N)ncnc32)[C@@H](O)[C@H]1OP(=O)(O)O. The third kappa shape index (κ3) is 13.5. The Bertz CT molecular complexity index is 1790. The number of carbonyl (C=O) groups excluding carboxylic acids is 3. The summed E-state index contributed by atoms with van der Waals surface area (Å²) in [5, 5.41) is 26.1. The monoisotopic (exact) mass is 835 g/mol. The molecule has 1 fully saturated rings. The van der Waals surface area contributed by atoms with E-state index in [2.05, 4.69) is 34.4 Å². The van der Waals surface area contributed by atoms with Crippen LogP contribution in [0.3, 0.4) is 0 Å². The number of aliphatic hydroxyl groups excluding tert-OH is 2. The maximum Gasteiger partial charge on any atom is 0.481 e. The molecule has 1 saturated heterocycles. The van der Waals surface area contributed by atoms with Gasteiger partial charge in [-0.3, -0.25) is 32.5 Å². The lowest BCUT2D eigenvalue weighted by molar-refractivity contribution is -0.137. The fourth-order valence-corrected chi connectivity index (χ4v) is 7.93. The Kier molecular flexibility index (Phi) is 15.8. The van der Waals surface area contributed by atoms with Gasteiger partial charge in [0.15, 0.2) is 17.7 Å². The van der Waals surface area contributed by atoms with Crippen molar-refractivity contribution in [3.05, 3.63) is 24.8 Å². The highest BCUT2D eigenvalue weighted by molar-refractivity contribution is 8.14. The summed E-state index contributed by atoms with van der Waals surface area (Å²) in [5.41, 5.74) is 4.26. The van der Waals surface area contributed by atoms with Crippen molar-refractivity contribution in [3.63, 3.8) is 0 Å². The van der Waals surface area contributed by atoms with Gasteiger partial charge in [-0.05, 0) is 13.0 Å². The first-order valence-electron chi connectivity index (χ1n) is 15.2. The van der Waals surface area contributed by atoms with Crippen LogP contribution >= 0.6 is 35.2 Å². The third-order valence-corrected chi connectivity index (χ3v) is 11.0. The molecule has 2 aromatic heterocycles. The van der Waals surface area contributed by atoms with Crippen molar-refractivity contribution in [1.82, 2.24) is 30.2 Å². The minimum Gasteiger partial charge on any atom is -0.386 e. The summed E-state index contributed by atoms with van der Waals surface area (Å²) < 4.78 is 61.9. The number of carbonyl (C=O) groups is 3. The number of rotatable bonds is 20. The van der Waals surface area contributed by atoms with Gasteiger partial charge in [-0.15, -0.1) is 0 Å². The van der Waals surface area contributed by atoms with Crippen LogP contribution in [0.5, 0.6) is 0 Å². The molecular weight excluding hydrogens is 795 g/mol. The number of nitrogens with zero attached hydrogens (tertiary/aromatic N) is 4. The van der Waals surface area contributed by atoms with Gasteiger partial charge in [0.25, 0.3) is 0 Å². The number of aliphatic hydroxyl groups is 2. The quantitative estimate of drug-likeness (QED) is 0.0449. The number of fused-ring (bicyclic) bond motifs is 1. The number of anilines is 1. The lowest BCUT2D eigenvalue weighted by Crippen LogP contribution is -2.46. The molecule has 2 aromatic rings. The van der Waals surface area contributed by atoms with E-state index in [0.29, 0.717) is 5.75 Å². The number of amides is 2. The molecule has 0 aromatic carbocycles. The number of nitrogens with one attached hydrogen (secondary N) is 2. The molecule has 7 atom stereocenters. The Hall–Kier alpha value is -2.70. The topological polar surface area (TPSA) is 364 Å². The van der Waals surface area contributed by atoms with E-state index in [-0.39, 0.29) is 41.6 Å². The molecule has 0 spiro atoms. The molecule has 53 heavy (non-hydrogen) atoms. The van der Waals surface area contributed by atoms with Crippen LogP contribution in [0.1, 0.15) is 33.4 Å². The van der Waals surface area contributed by atoms with Crippen LogP contribution in [0, 0.1) is 5.41 Å². The number of nitrogens with two attached hydrogens (primary N) is 1. The maximum absolute atomic E-state index is 12.6. The number of allylic oxidation sites excluding steroid dienone is 1. The van der Waals surface area contributed by atoms with E-state index < -0.39 is 84.6 Å². The van der Waals surface area contributed by atoms with Crippen LogP contribution in [-0.4, -0.2) is 123 Å². The summed E-state index contributed by atoms with van der Waals surface area (Å²) in [6.07, 6.45) is -3.94. The number of imidazole rings is 1. The van der Waals surface area contributed by atoms with Crippen molar-refractivity contribution in [2.75, 3.05) is 37.8 Å². The smallest absolute Gasteiger partial charge is 0.386 e. The van der Waals surface area contributed by atoms with Gasteiger partial charge in [-0.25, -0.2) is 28.6 Å². The molecule has 2 amide bonds. The van der Waals surface area contributed by atoms with Crippen molar-refractivity contribution in [2.45, 2.75) is 57.8 Å². The molecule has 3 heterocycles. The zero-order valence-electron chi connectivity index (χ0n) is 28.2. The molecule has 28 heteroatoms. The predicted molar refractivity (Wildman–Crippen MR) is 182 cm³/mol. The highest BCUT2D eigenvalue weighted by atomic mass is 32.2. The van der Waals surface area contributed by atoms with Crippen molar-refractivity contribution >= 4 is 69.1 Å². The van der Waals surface area contributed by atoms with E-state index in [9.17, 15) is 57.9 Å². The highest BCUT2D eigenvalue weighted by Gasteiger charge is 2.50. The normalized spacial score (nSPS) is 22.4. The summed E-state index contributed by atoms with van der Waals surface area (Å²) in [6, 6.07) is 0. The van der Waals surface area contributed by atoms with E-state index in [1.165, 1.54) is 19.9 Å². The fourth-order valence-electron chi connectivity index (χ4n) is 4.47. The molecule has 1 aliphatic rings. The van der Waals surface area contributed by atoms with Gasteiger partial charge >= 0.3 is 23.5 Å². The first-order valence-corrected chi connectivity index (χ1v) is 20.7. The minimum atomic E-state index is -5.56. The molecule has 10 N–H and O–H groups in total. The second-order valence-corrected chi connectivity index (χ2v) is 17.1. The first kappa shape index (κ1) is 44.7. The second kappa shape index (κ2) is 18.8. The van der Waals surface area contributed by atoms with Crippen molar-refractivity contribution in [2.24, 2.45) is 5.41 Å². The summed E-state index contributed by atoms with van der Waals surface area (Å²) in [6.45, 7) is 2.17. The molecule has 1 aliphatic heterocycles. The van der Waals surface area contributed by atoms with E-state index >= 15 is 0 Å². The average Bonchev–Trinajstić information content (AvgIpc) is 3.61. The van der Waals surface area contributed by atoms with Crippen LogP contribution in [0.15, 0.2) is 24.8 Å². The summed E-state index contributed by atoms with van der Waals surface area (Å²) in [4.78, 5) is 86.7. The van der Waals surface area contributed by atoms with Crippen molar-refractivity contribution < 1.29 is 80.5 Å². The molecule has 2 unspecified atom stereocenters. The predicted octanol–water partition coefficient (Wildman–Crippen LogP) is -0.759. The Morgan fingerprint density at radius 3 is 2.43 bits per heavy atom. The van der Waals surface area contributed by atoms with E-state index in [1.807, 2.05) is 0 Å². The Labute approximate surface area is 305 Å². The second-order valence-electron chi connectivity index (χ2n) is 11.7. The lowest BCUT2D eigenvalue weighted by atomic mass is 9.87. The zero-order chi connectivity index (χ0) is 39.8. The Morgan fingerprint density at radius 1 is 1.09 bits per heavy atom. The van der Waals surface area contributed by atoms with E-state index in [4.69, 9.17) is 19.5 Å².